The van der Waals surface area contributed by atoms with Crippen molar-refractivity contribution in [3.8, 4) is 0 Å². The molecule has 0 amide bonds. The van der Waals surface area contributed by atoms with Gasteiger partial charge in [-0.1, -0.05) is 12.1 Å². The van der Waals surface area contributed by atoms with Crippen LogP contribution in [0.2, 0.25) is 0 Å². The smallest absolute Gasteiger partial charge is 0.172 e. The van der Waals surface area contributed by atoms with Crippen molar-refractivity contribution in [1.29, 1.82) is 0 Å². The Morgan fingerprint density at radius 1 is 1.19 bits per heavy atom. The Kier molecular flexibility index (Phi) is 3.15. The van der Waals surface area contributed by atoms with E-state index in [0.717, 1.165) is 42.3 Å². The molecule has 2 heterocycles. The molecule has 4 rings (SSSR count). The van der Waals surface area contributed by atoms with Crippen LogP contribution in [0.15, 0.2) is 24.3 Å². The van der Waals surface area contributed by atoms with E-state index in [2.05, 4.69) is 22.5 Å². The molecule has 2 aromatic rings. The van der Waals surface area contributed by atoms with Gasteiger partial charge in [0.2, 0.25) is 0 Å². The van der Waals surface area contributed by atoms with Crippen molar-refractivity contribution in [2.75, 3.05) is 29.9 Å². The van der Waals surface area contributed by atoms with E-state index < -0.39 is 0 Å². The van der Waals surface area contributed by atoms with Crippen LogP contribution in [0.25, 0.3) is 11.0 Å². The Labute approximate surface area is 124 Å². The fourth-order valence-electron chi connectivity index (χ4n) is 2.86. The maximum Gasteiger partial charge on any atom is 0.172 e. The van der Waals surface area contributed by atoms with Crippen molar-refractivity contribution >= 4 is 22.7 Å². The predicted molar refractivity (Wildman–Crippen MR) is 85.9 cm³/mol. The average Bonchev–Trinajstić information content (AvgIpc) is 3.31. The molecule has 2 aliphatic rings. The third kappa shape index (κ3) is 2.53. The van der Waals surface area contributed by atoms with Crippen LogP contribution in [0.3, 0.4) is 0 Å². The second-order valence-electron chi connectivity index (χ2n) is 6.05. The van der Waals surface area contributed by atoms with Crippen LogP contribution in [0.1, 0.15) is 19.8 Å². The van der Waals surface area contributed by atoms with Gasteiger partial charge in [-0.25, -0.2) is 9.97 Å². The van der Waals surface area contributed by atoms with Crippen LogP contribution >= 0.6 is 0 Å². The lowest BCUT2D eigenvalue weighted by atomic mass is 10.2. The molecule has 21 heavy (non-hydrogen) atoms. The summed E-state index contributed by atoms with van der Waals surface area (Å²) in [5.41, 5.74) is 1.94. The maximum atomic E-state index is 4.90. The van der Waals surface area contributed by atoms with Crippen LogP contribution in [0, 0.1) is 0 Å². The number of piperazine rings is 1. The van der Waals surface area contributed by atoms with E-state index in [4.69, 9.17) is 9.97 Å². The van der Waals surface area contributed by atoms with Crippen LogP contribution in [-0.2, 0) is 0 Å². The Hall–Kier alpha value is -1.88. The highest BCUT2D eigenvalue weighted by Crippen LogP contribution is 2.31. The minimum atomic E-state index is 0.439. The van der Waals surface area contributed by atoms with Gasteiger partial charge in [0, 0.05) is 31.7 Å². The lowest BCUT2D eigenvalue weighted by molar-refractivity contribution is 0.497. The van der Waals surface area contributed by atoms with Gasteiger partial charge in [0.15, 0.2) is 11.6 Å². The first-order chi connectivity index (χ1) is 10.3. The zero-order chi connectivity index (χ0) is 14.2. The standard InChI is InChI=1S/C16H21N5/c1-11-10-17-8-9-21(11)16-15(18-12-6-7-12)19-13-4-2-3-5-14(13)20-16/h2-5,11-12,17H,6-10H2,1H3,(H,18,19)/t11-/m1/s1. The third-order valence-corrected chi connectivity index (χ3v) is 4.24. The van der Waals surface area contributed by atoms with Crippen LogP contribution in [-0.4, -0.2) is 41.7 Å². The average molecular weight is 283 g/mol. The van der Waals surface area contributed by atoms with Crippen LogP contribution in [0.5, 0.6) is 0 Å². The minimum absolute atomic E-state index is 0.439. The highest BCUT2D eigenvalue weighted by molar-refractivity contribution is 5.80. The van der Waals surface area contributed by atoms with Crippen molar-refractivity contribution < 1.29 is 0 Å². The molecule has 1 aliphatic carbocycles. The molecule has 1 atom stereocenters. The third-order valence-electron chi connectivity index (χ3n) is 4.24. The summed E-state index contributed by atoms with van der Waals surface area (Å²) < 4.78 is 0. The number of nitrogens with zero attached hydrogens (tertiary/aromatic N) is 3. The van der Waals surface area contributed by atoms with E-state index in [0.29, 0.717) is 12.1 Å². The molecule has 1 saturated heterocycles. The molecule has 1 aromatic heterocycles. The fraction of sp³-hybridized carbons (Fsp3) is 0.500. The van der Waals surface area contributed by atoms with Crippen molar-refractivity contribution in [3.05, 3.63) is 24.3 Å². The number of anilines is 2. The second kappa shape index (κ2) is 5.15. The summed E-state index contributed by atoms with van der Waals surface area (Å²) in [6, 6.07) is 9.14. The summed E-state index contributed by atoms with van der Waals surface area (Å²) >= 11 is 0. The molecular formula is C16H21N5. The monoisotopic (exact) mass is 283 g/mol. The molecule has 0 bridgehead atoms. The molecule has 0 radical (unpaired) electrons. The molecule has 1 aromatic carbocycles. The number of benzene rings is 1. The molecule has 110 valence electrons. The van der Waals surface area contributed by atoms with Gasteiger partial charge in [-0.05, 0) is 31.9 Å². The lowest BCUT2D eigenvalue weighted by Gasteiger charge is -2.35. The van der Waals surface area contributed by atoms with E-state index in [1.807, 2.05) is 24.3 Å². The largest absolute Gasteiger partial charge is 0.364 e. The SMILES string of the molecule is C[C@@H]1CNCCN1c1nc2ccccc2nc1NC1CC1. The van der Waals surface area contributed by atoms with Gasteiger partial charge in [0.05, 0.1) is 11.0 Å². The minimum Gasteiger partial charge on any atom is -0.364 e. The molecular weight excluding hydrogens is 262 g/mol. The number of nitrogens with one attached hydrogen (secondary N) is 2. The molecule has 0 spiro atoms. The Balaban J connectivity index is 1.79. The molecule has 5 nitrogen and oxygen atoms in total. The van der Waals surface area contributed by atoms with E-state index in [1.54, 1.807) is 0 Å². The Morgan fingerprint density at radius 2 is 1.95 bits per heavy atom. The van der Waals surface area contributed by atoms with Crippen molar-refractivity contribution in [2.45, 2.75) is 31.8 Å². The van der Waals surface area contributed by atoms with Gasteiger partial charge in [-0.2, -0.15) is 0 Å². The molecule has 0 unspecified atom stereocenters. The number of fused-ring (bicyclic) bond motifs is 1. The van der Waals surface area contributed by atoms with E-state index in [-0.39, 0.29) is 0 Å². The Morgan fingerprint density at radius 3 is 2.67 bits per heavy atom. The molecule has 5 heteroatoms. The summed E-state index contributed by atoms with van der Waals surface area (Å²) in [5, 5.41) is 6.99. The summed E-state index contributed by atoms with van der Waals surface area (Å²) in [7, 11) is 0. The zero-order valence-electron chi connectivity index (χ0n) is 12.3. The van der Waals surface area contributed by atoms with Crippen LogP contribution in [0.4, 0.5) is 11.6 Å². The fourth-order valence-corrected chi connectivity index (χ4v) is 2.86. The topological polar surface area (TPSA) is 53.1 Å². The lowest BCUT2D eigenvalue weighted by Crippen LogP contribution is -2.50. The summed E-state index contributed by atoms with van der Waals surface area (Å²) in [4.78, 5) is 12.1. The van der Waals surface area contributed by atoms with Crippen molar-refractivity contribution in [3.63, 3.8) is 0 Å². The molecule has 1 aliphatic heterocycles. The number of hydrogen-bond acceptors (Lipinski definition) is 5. The van der Waals surface area contributed by atoms with Crippen molar-refractivity contribution in [1.82, 2.24) is 15.3 Å². The highest BCUT2D eigenvalue weighted by Gasteiger charge is 2.27. The summed E-state index contributed by atoms with van der Waals surface area (Å²) in [6.07, 6.45) is 2.48. The van der Waals surface area contributed by atoms with Crippen LogP contribution < -0.4 is 15.5 Å². The summed E-state index contributed by atoms with van der Waals surface area (Å²) in [6.45, 7) is 5.22. The van der Waals surface area contributed by atoms with Gasteiger partial charge < -0.3 is 15.5 Å². The molecule has 2 N–H and O–H groups in total. The normalized spacial score (nSPS) is 22.5. The molecule has 2 fully saturated rings. The quantitative estimate of drug-likeness (QED) is 0.902. The van der Waals surface area contributed by atoms with Gasteiger partial charge in [-0.3, -0.25) is 0 Å². The van der Waals surface area contributed by atoms with Gasteiger partial charge in [-0.15, -0.1) is 0 Å². The number of para-hydroxylation sites is 2. The maximum absolute atomic E-state index is 4.90. The van der Waals surface area contributed by atoms with Crippen molar-refractivity contribution in [2.24, 2.45) is 0 Å². The highest BCUT2D eigenvalue weighted by atomic mass is 15.3. The summed E-state index contributed by atoms with van der Waals surface area (Å²) in [5.74, 6) is 1.96. The second-order valence-corrected chi connectivity index (χ2v) is 6.05. The van der Waals surface area contributed by atoms with Gasteiger partial charge >= 0.3 is 0 Å². The zero-order valence-corrected chi connectivity index (χ0v) is 12.3. The number of hydrogen-bond donors (Lipinski definition) is 2. The van der Waals surface area contributed by atoms with E-state index in [9.17, 15) is 0 Å². The first kappa shape index (κ1) is 12.8. The number of aromatic nitrogens is 2. The first-order valence-corrected chi connectivity index (χ1v) is 7.82. The van der Waals surface area contributed by atoms with Gasteiger partial charge in [0.1, 0.15) is 0 Å². The van der Waals surface area contributed by atoms with E-state index in [1.165, 1.54) is 12.8 Å². The van der Waals surface area contributed by atoms with E-state index >= 15 is 0 Å². The number of rotatable bonds is 3. The Bertz CT molecular complexity index is 652. The van der Waals surface area contributed by atoms with Gasteiger partial charge in [0.25, 0.3) is 0 Å². The first-order valence-electron chi connectivity index (χ1n) is 7.82. The predicted octanol–water partition coefficient (Wildman–Crippen LogP) is 2.00. The molecule has 1 saturated carbocycles.